The molecule has 5 heteroatoms. The molecule has 21 heavy (non-hydrogen) atoms. The molecule has 0 amide bonds. The van der Waals surface area contributed by atoms with Crippen molar-refractivity contribution in [2.45, 2.75) is 32.4 Å². The van der Waals surface area contributed by atoms with Crippen molar-refractivity contribution in [2.24, 2.45) is 5.73 Å². The Morgan fingerprint density at radius 2 is 1.95 bits per heavy atom. The van der Waals surface area contributed by atoms with E-state index in [2.05, 4.69) is 16.9 Å². The zero-order valence-electron chi connectivity index (χ0n) is 12.5. The fourth-order valence-corrected chi connectivity index (χ4v) is 1.95. The highest BCUT2D eigenvalue weighted by molar-refractivity contribution is 5.43. The minimum absolute atomic E-state index is 0.166. The van der Waals surface area contributed by atoms with Crippen molar-refractivity contribution in [2.75, 3.05) is 7.11 Å². The van der Waals surface area contributed by atoms with Crippen LogP contribution in [0.25, 0.3) is 0 Å². The molecule has 2 N–H and O–H groups in total. The van der Waals surface area contributed by atoms with Crippen LogP contribution in [0, 0.1) is 0 Å². The first kappa shape index (κ1) is 15.3. The monoisotopic (exact) mass is 287 g/mol. The second kappa shape index (κ2) is 7.59. The van der Waals surface area contributed by atoms with Crippen LogP contribution in [0.5, 0.6) is 11.5 Å². The Hall–Kier alpha value is -2.14. The zero-order chi connectivity index (χ0) is 15.1. The molecule has 0 bridgehead atoms. The van der Waals surface area contributed by atoms with Crippen LogP contribution < -0.4 is 15.2 Å². The Bertz CT molecular complexity index is 561. The number of rotatable bonds is 7. The van der Waals surface area contributed by atoms with Crippen LogP contribution in [0.1, 0.15) is 24.7 Å². The first-order chi connectivity index (χ1) is 10.2. The van der Waals surface area contributed by atoms with Gasteiger partial charge in [-0.05, 0) is 36.6 Å². The van der Waals surface area contributed by atoms with Crippen LogP contribution in [-0.2, 0) is 13.0 Å². The number of ether oxygens (including phenoxy) is 2. The molecule has 0 aliphatic rings. The van der Waals surface area contributed by atoms with Crippen molar-refractivity contribution in [3.8, 4) is 11.5 Å². The average molecular weight is 287 g/mol. The summed E-state index contributed by atoms with van der Waals surface area (Å²) < 4.78 is 11.1. The minimum Gasteiger partial charge on any atom is -0.493 e. The first-order valence-corrected chi connectivity index (χ1v) is 7.04. The zero-order valence-corrected chi connectivity index (χ0v) is 12.5. The number of nitrogens with zero attached hydrogens (tertiary/aromatic N) is 2. The van der Waals surface area contributed by atoms with Gasteiger partial charge < -0.3 is 15.2 Å². The molecule has 1 atom stereocenters. The van der Waals surface area contributed by atoms with E-state index in [-0.39, 0.29) is 6.04 Å². The lowest BCUT2D eigenvalue weighted by Crippen LogP contribution is -2.21. The topological polar surface area (TPSA) is 70.3 Å². The maximum Gasteiger partial charge on any atom is 0.166 e. The van der Waals surface area contributed by atoms with Gasteiger partial charge in [-0.1, -0.05) is 13.0 Å². The Morgan fingerprint density at radius 3 is 2.62 bits per heavy atom. The lowest BCUT2D eigenvalue weighted by molar-refractivity contribution is 0.276. The molecule has 1 aromatic heterocycles. The Balaban J connectivity index is 2.05. The third kappa shape index (κ3) is 4.43. The molecule has 0 saturated heterocycles. The highest BCUT2D eigenvalue weighted by Crippen LogP contribution is 2.29. The number of aromatic nitrogens is 2. The molecule has 112 valence electrons. The SMILES string of the molecule is CCC(N)Cc1ccc(OCc2ncccn2)c(OC)c1. The maximum absolute atomic E-state index is 5.98. The fourth-order valence-electron chi connectivity index (χ4n) is 1.95. The Kier molecular flexibility index (Phi) is 5.51. The molecule has 1 heterocycles. The van der Waals surface area contributed by atoms with Gasteiger partial charge in [0.05, 0.1) is 7.11 Å². The highest BCUT2D eigenvalue weighted by atomic mass is 16.5. The van der Waals surface area contributed by atoms with Crippen molar-refractivity contribution in [1.29, 1.82) is 0 Å². The van der Waals surface area contributed by atoms with Crippen LogP contribution in [0.15, 0.2) is 36.7 Å². The molecule has 5 nitrogen and oxygen atoms in total. The lowest BCUT2D eigenvalue weighted by Gasteiger charge is -2.13. The van der Waals surface area contributed by atoms with E-state index in [1.54, 1.807) is 25.6 Å². The van der Waals surface area contributed by atoms with Gasteiger partial charge >= 0.3 is 0 Å². The number of benzene rings is 1. The second-order valence-corrected chi connectivity index (χ2v) is 4.81. The van der Waals surface area contributed by atoms with Gasteiger partial charge in [-0.15, -0.1) is 0 Å². The molecule has 0 saturated carbocycles. The molecular formula is C16H21N3O2. The average Bonchev–Trinajstić information content (AvgIpc) is 2.54. The molecule has 0 fully saturated rings. The van der Waals surface area contributed by atoms with Gasteiger partial charge in [0.15, 0.2) is 17.3 Å². The summed E-state index contributed by atoms with van der Waals surface area (Å²) in [5.74, 6) is 2.02. The van der Waals surface area contributed by atoms with Gasteiger partial charge in [-0.2, -0.15) is 0 Å². The predicted molar refractivity (Wildman–Crippen MR) is 81.3 cm³/mol. The van der Waals surface area contributed by atoms with E-state index in [1.165, 1.54) is 0 Å². The largest absolute Gasteiger partial charge is 0.493 e. The van der Waals surface area contributed by atoms with Gasteiger partial charge in [0, 0.05) is 18.4 Å². The van der Waals surface area contributed by atoms with E-state index in [0.717, 1.165) is 18.4 Å². The summed E-state index contributed by atoms with van der Waals surface area (Å²) in [6, 6.07) is 7.82. The highest BCUT2D eigenvalue weighted by Gasteiger charge is 2.09. The van der Waals surface area contributed by atoms with Crippen LogP contribution in [0.4, 0.5) is 0 Å². The molecule has 1 unspecified atom stereocenters. The molecule has 0 aliphatic carbocycles. The molecule has 1 aromatic carbocycles. The number of hydrogen-bond donors (Lipinski definition) is 1. The molecule has 2 rings (SSSR count). The first-order valence-electron chi connectivity index (χ1n) is 7.04. The van der Waals surface area contributed by atoms with E-state index < -0.39 is 0 Å². The van der Waals surface area contributed by atoms with E-state index in [4.69, 9.17) is 15.2 Å². The molecular weight excluding hydrogens is 266 g/mol. The quantitative estimate of drug-likeness (QED) is 0.846. The summed E-state index contributed by atoms with van der Waals surface area (Å²) in [5.41, 5.74) is 7.12. The van der Waals surface area contributed by atoms with Gasteiger partial charge in [0.25, 0.3) is 0 Å². The van der Waals surface area contributed by atoms with Crippen LogP contribution >= 0.6 is 0 Å². The van der Waals surface area contributed by atoms with Crippen molar-refractivity contribution < 1.29 is 9.47 Å². The summed E-state index contributed by atoms with van der Waals surface area (Å²) in [6.45, 7) is 2.39. The molecule has 0 spiro atoms. The third-order valence-electron chi connectivity index (χ3n) is 3.23. The van der Waals surface area contributed by atoms with Gasteiger partial charge in [-0.25, -0.2) is 9.97 Å². The van der Waals surface area contributed by atoms with Crippen molar-refractivity contribution in [3.63, 3.8) is 0 Å². The standard InChI is InChI=1S/C16H21N3O2/c1-3-13(17)9-12-5-6-14(15(10-12)20-2)21-11-16-18-7-4-8-19-16/h4-8,10,13H,3,9,11,17H2,1-2H3. The summed E-state index contributed by atoms with van der Waals surface area (Å²) >= 11 is 0. The lowest BCUT2D eigenvalue weighted by atomic mass is 10.0. The molecule has 0 radical (unpaired) electrons. The number of methoxy groups -OCH3 is 1. The Labute approximate surface area is 125 Å². The van der Waals surface area contributed by atoms with Crippen LogP contribution in [-0.4, -0.2) is 23.1 Å². The van der Waals surface area contributed by atoms with Crippen molar-refractivity contribution in [1.82, 2.24) is 9.97 Å². The smallest absolute Gasteiger partial charge is 0.166 e. The van der Waals surface area contributed by atoms with E-state index in [0.29, 0.717) is 23.9 Å². The maximum atomic E-state index is 5.98. The van der Waals surface area contributed by atoms with Crippen LogP contribution in [0.2, 0.25) is 0 Å². The summed E-state index contributed by atoms with van der Waals surface area (Å²) in [7, 11) is 1.63. The van der Waals surface area contributed by atoms with Crippen molar-refractivity contribution in [3.05, 3.63) is 48.0 Å². The summed E-state index contributed by atoms with van der Waals surface area (Å²) in [6.07, 6.45) is 5.16. The van der Waals surface area contributed by atoms with E-state index in [9.17, 15) is 0 Å². The van der Waals surface area contributed by atoms with Gasteiger partial charge in [0.2, 0.25) is 0 Å². The molecule has 2 aromatic rings. The minimum atomic E-state index is 0.166. The van der Waals surface area contributed by atoms with Crippen molar-refractivity contribution >= 4 is 0 Å². The number of nitrogens with two attached hydrogens (primary N) is 1. The Morgan fingerprint density at radius 1 is 1.19 bits per heavy atom. The molecule has 0 aliphatic heterocycles. The summed E-state index contributed by atoms with van der Waals surface area (Å²) in [4.78, 5) is 8.25. The third-order valence-corrected chi connectivity index (χ3v) is 3.23. The van der Waals surface area contributed by atoms with Gasteiger partial charge in [0.1, 0.15) is 6.61 Å². The van der Waals surface area contributed by atoms with E-state index >= 15 is 0 Å². The predicted octanol–water partition coefficient (Wildman–Crippen LogP) is 2.34. The summed E-state index contributed by atoms with van der Waals surface area (Å²) in [5, 5.41) is 0. The normalized spacial score (nSPS) is 12.0. The fraction of sp³-hybridized carbons (Fsp3) is 0.375. The number of hydrogen-bond acceptors (Lipinski definition) is 5. The second-order valence-electron chi connectivity index (χ2n) is 4.81. The van der Waals surface area contributed by atoms with Crippen LogP contribution in [0.3, 0.4) is 0 Å². The van der Waals surface area contributed by atoms with Gasteiger partial charge in [-0.3, -0.25) is 0 Å². The van der Waals surface area contributed by atoms with E-state index in [1.807, 2.05) is 18.2 Å².